The van der Waals surface area contributed by atoms with Gasteiger partial charge in [0.2, 0.25) is 5.91 Å². The summed E-state index contributed by atoms with van der Waals surface area (Å²) < 4.78 is 0. The number of rotatable bonds is 3. The van der Waals surface area contributed by atoms with Crippen LogP contribution in [0.25, 0.3) is 0 Å². The Morgan fingerprint density at radius 1 is 1.10 bits per heavy atom. The van der Waals surface area contributed by atoms with Crippen LogP contribution in [0.3, 0.4) is 0 Å². The molecular formula is C18H25NO. The van der Waals surface area contributed by atoms with Gasteiger partial charge in [-0.3, -0.25) is 4.79 Å². The molecule has 2 nitrogen and oxygen atoms in total. The van der Waals surface area contributed by atoms with Crippen molar-refractivity contribution in [3.05, 3.63) is 35.4 Å². The van der Waals surface area contributed by atoms with Gasteiger partial charge in [0.1, 0.15) is 0 Å². The fraction of sp³-hybridized carbons (Fsp3) is 0.611. The minimum Gasteiger partial charge on any atom is -0.342 e. The molecule has 1 amide bonds. The number of fused-ring (bicyclic) bond motifs is 1. The summed E-state index contributed by atoms with van der Waals surface area (Å²) in [6, 6.07) is 8.55. The second-order valence-corrected chi connectivity index (χ2v) is 6.59. The van der Waals surface area contributed by atoms with E-state index in [2.05, 4.69) is 36.1 Å². The molecule has 0 radical (unpaired) electrons. The third kappa shape index (κ3) is 3.05. The van der Waals surface area contributed by atoms with E-state index in [0.29, 0.717) is 12.3 Å². The molecule has 20 heavy (non-hydrogen) atoms. The zero-order chi connectivity index (χ0) is 13.9. The molecule has 1 saturated heterocycles. The number of hydrogen-bond acceptors (Lipinski definition) is 1. The first-order valence-electron chi connectivity index (χ1n) is 8.05. The van der Waals surface area contributed by atoms with Gasteiger partial charge in [-0.2, -0.15) is 0 Å². The largest absolute Gasteiger partial charge is 0.342 e. The standard InChI is InChI=1S/C18H25NO/c1-14-6-8-15(9-7-14)10-11-18(20)19-12-16-4-2-3-5-17(16)13-19/h6-9,16-17H,2-5,10-13H2,1H3. The summed E-state index contributed by atoms with van der Waals surface area (Å²) in [6.45, 7) is 4.15. The Balaban J connectivity index is 1.51. The normalized spacial score (nSPS) is 25.6. The predicted molar refractivity (Wildman–Crippen MR) is 81.5 cm³/mol. The van der Waals surface area contributed by atoms with E-state index >= 15 is 0 Å². The van der Waals surface area contributed by atoms with Gasteiger partial charge in [-0.05, 0) is 43.6 Å². The van der Waals surface area contributed by atoms with Gasteiger partial charge in [0.25, 0.3) is 0 Å². The van der Waals surface area contributed by atoms with Crippen LogP contribution in [0.15, 0.2) is 24.3 Å². The van der Waals surface area contributed by atoms with Crippen LogP contribution < -0.4 is 0 Å². The van der Waals surface area contributed by atoms with Crippen LogP contribution in [0.2, 0.25) is 0 Å². The zero-order valence-electron chi connectivity index (χ0n) is 12.5. The Kier molecular flexibility index (Phi) is 4.09. The molecule has 0 N–H and O–H groups in total. The zero-order valence-corrected chi connectivity index (χ0v) is 12.5. The van der Waals surface area contributed by atoms with Crippen LogP contribution in [-0.2, 0) is 11.2 Å². The highest BCUT2D eigenvalue weighted by Gasteiger charge is 2.35. The Labute approximate surface area is 122 Å². The quantitative estimate of drug-likeness (QED) is 0.823. The van der Waals surface area contributed by atoms with Crippen LogP contribution in [-0.4, -0.2) is 23.9 Å². The summed E-state index contributed by atoms with van der Waals surface area (Å²) in [7, 11) is 0. The van der Waals surface area contributed by atoms with Crippen molar-refractivity contribution in [2.75, 3.05) is 13.1 Å². The number of nitrogens with zero attached hydrogens (tertiary/aromatic N) is 1. The third-order valence-electron chi connectivity index (χ3n) is 5.08. The van der Waals surface area contributed by atoms with Gasteiger partial charge in [0.15, 0.2) is 0 Å². The van der Waals surface area contributed by atoms with Gasteiger partial charge in [0.05, 0.1) is 0 Å². The molecule has 0 spiro atoms. The van der Waals surface area contributed by atoms with E-state index in [0.717, 1.165) is 31.3 Å². The first-order valence-corrected chi connectivity index (χ1v) is 8.05. The van der Waals surface area contributed by atoms with E-state index in [4.69, 9.17) is 0 Å². The van der Waals surface area contributed by atoms with Gasteiger partial charge in [-0.1, -0.05) is 42.7 Å². The van der Waals surface area contributed by atoms with E-state index in [1.807, 2.05) is 0 Å². The fourth-order valence-corrected chi connectivity index (χ4v) is 3.77. The van der Waals surface area contributed by atoms with Crippen molar-refractivity contribution in [1.29, 1.82) is 0 Å². The Hall–Kier alpha value is -1.31. The van der Waals surface area contributed by atoms with Crippen molar-refractivity contribution in [2.24, 2.45) is 11.8 Å². The monoisotopic (exact) mass is 271 g/mol. The van der Waals surface area contributed by atoms with Crippen LogP contribution in [0.5, 0.6) is 0 Å². The Bertz CT molecular complexity index is 451. The Morgan fingerprint density at radius 2 is 1.70 bits per heavy atom. The third-order valence-corrected chi connectivity index (χ3v) is 5.08. The van der Waals surface area contributed by atoms with Gasteiger partial charge in [0, 0.05) is 19.5 Å². The molecule has 2 atom stereocenters. The summed E-state index contributed by atoms with van der Waals surface area (Å²) in [5.74, 6) is 1.96. The lowest BCUT2D eigenvalue weighted by molar-refractivity contribution is -0.130. The summed E-state index contributed by atoms with van der Waals surface area (Å²) in [4.78, 5) is 14.5. The van der Waals surface area contributed by atoms with Crippen molar-refractivity contribution < 1.29 is 4.79 Å². The summed E-state index contributed by atoms with van der Waals surface area (Å²) >= 11 is 0. The lowest BCUT2D eigenvalue weighted by Gasteiger charge is -2.22. The minimum atomic E-state index is 0.361. The molecule has 2 fully saturated rings. The summed E-state index contributed by atoms with van der Waals surface area (Å²) in [5, 5.41) is 0. The molecule has 2 aliphatic rings. The maximum atomic E-state index is 12.4. The SMILES string of the molecule is Cc1ccc(CCC(=O)N2CC3CCCCC3C2)cc1. The van der Waals surface area contributed by atoms with E-state index in [9.17, 15) is 4.79 Å². The van der Waals surface area contributed by atoms with E-state index in [-0.39, 0.29) is 0 Å². The molecule has 2 heteroatoms. The van der Waals surface area contributed by atoms with Crippen molar-refractivity contribution in [2.45, 2.75) is 45.4 Å². The summed E-state index contributed by atoms with van der Waals surface area (Å²) in [5.41, 5.74) is 2.56. The maximum Gasteiger partial charge on any atom is 0.222 e. The highest BCUT2D eigenvalue weighted by molar-refractivity contribution is 5.76. The van der Waals surface area contributed by atoms with Crippen LogP contribution in [0.4, 0.5) is 0 Å². The molecular weight excluding hydrogens is 246 g/mol. The predicted octanol–water partition coefficient (Wildman–Crippen LogP) is 3.58. The average Bonchev–Trinajstić information content (AvgIpc) is 2.90. The molecule has 1 aromatic carbocycles. The lowest BCUT2D eigenvalue weighted by atomic mass is 9.82. The smallest absolute Gasteiger partial charge is 0.222 e. The number of amides is 1. The maximum absolute atomic E-state index is 12.4. The molecule has 2 unspecified atom stereocenters. The second-order valence-electron chi connectivity index (χ2n) is 6.59. The fourth-order valence-electron chi connectivity index (χ4n) is 3.77. The van der Waals surface area contributed by atoms with E-state index in [1.165, 1.54) is 36.8 Å². The van der Waals surface area contributed by atoms with Crippen LogP contribution in [0, 0.1) is 18.8 Å². The van der Waals surface area contributed by atoms with E-state index in [1.54, 1.807) is 0 Å². The summed E-state index contributed by atoms with van der Waals surface area (Å²) in [6.07, 6.45) is 6.96. The van der Waals surface area contributed by atoms with Gasteiger partial charge in [-0.25, -0.2) is 0 Å². The number of benzene rings is 1. The lowest BCUT2D eigenvalue weighted by Crippen LogP contribution is -2.29. The number of carbonyl (C=O) groups is 1. The van der Waals surface area contributed by atoms with Crippen molar-refractivity contribution >= 4 is 5.91 Å². The van der Waals surface area contributed by atoms with Crippen molar-refractivity contribution in [3.8, 4) is 0 Å². The Morgan fingerprint density at radius 3 is 2.30 bits per heavy atom. The number of carbonyl (C=O) groups excluding carboxylic acids is 1. The number of hydrogen-bond donors (Lipinski definition) is 0. The molecule has 1 saturated carbocycles. The molecule has 1 aliphatic heterocycles. The first-order chi connectivity index (χ1) is 9.72. The molecule has 3 rings (SSSR count). The molecule has 1 aromatic rings. The van der Waals surface area contributed by atoms with Crippen molar-refractivity contribution in [3.63, 3.8) is 0 Å². The minimum absolute atomic E-state index is 0.361. The first kappa shape index (κ1) is 13.7. The van der Waals surface area contributed by atoms with Crippen LogP contribution in [0.1, 0.15) is 43.2 Å². The topological polar surface area (TPSA) is 20.3 Å². The number of aryl methyl sites for hydroxylation is 2. The van der Waals surface area contributed by atoms with Gasteiger partial charge >= 0.3 is 0 Å². The second kappa shape index (κ2) is 5.99. The number of likely N-dealkylation sites (tertiary alicyclic amines) is 1. The van der Waals surface area contributed by atoms with Crippen LogP contribution >= 0.6 is 0 Å². The molecule has 1 heterocycles. The molecule has 108 valence electrons. The van der Waals surface area contributed by atoms with Gasteiger partial charge < -0.3 is 4.90 Å². The highest BCUT2D eigenvalue weighted by atomic mass is 16.2. The average molecular weight is 271 g/mol. The van der Waals surface area contributed by atoms with Gasteiger partial charge in [-0.15, -0.1) is 0 Å². The molecule has 0 bridgehead atoms. The van der Waals surface area contributed by atoms with Crippen molar-refractivity contribution in [1.82, 2.24) is 4.90 Å². The molecule has 1 aliphatic carbocycles. The molecule has 0 aromatic heterocycles. The van der Waals surface area contributed by atoms with E-state index < -0.39 is 0 Å². The highest BCUT2D eigenvalue weighted by Crippen LogP contribution is 2.36.